The molecule has 2 aliphatic carbocycles. The molecule has 1 saturated heterocycles. The fraction of sp³-hybridized carbons (Fsp3) is 0.857. The van der Waals surface area contributed by atoms with Crippen molar-refractivity contribution in [3.8, 4) is 0 Å². The summed E-state index contributed by atoms with van der Waals surface area (Å²) >= 11 is 0. The van der Waals surface area contributed by atoms with E-state index in [1.165, 1.54) is 25.7 Å². The van der Waals surface area contributed by atoms with Gasteiger partial charge in [-0.1, -0.05) is 0 Å². The highest BCUT2D eigenvalue weighted by atomic mass is 16.4. The van der Waals surface area contributed by atoms with E-state index in [-0.39, 0.29) is 6.03 Å². The molecule has 0 spiro atoms. The summed E-state index contributed by atoms with van der Waals surface area (Å²) in [7, 11) is 0. The van der Waals surface area contributed by atoms with Crippen LogP contribution < -0.4 is 0 Å². The molecule has 2 amide bonds. The smallest absolute Gasteiger partial charge is 0.326 e. The van der Waals surface area contributed by atoms with Gasteiger partial charge in [0.25, 0.3) is 0 Å². The zero-order chi connectivity index (χ0) is 13.4. The first-order valence-electron chi connectivity index (χ1n) is 7.43. The summed E-state index contributed by atoms with van der Waals surface area (Å²) < 4.78 is 0. The number of hydrogen-bond donors (Lipinski definition) is 1. The Balaban J connectivity index is 1.65. The molecule has 106 valence electrons. The molecular formula is C14H22N2O3. The maximum atomic E-state index is 12.6. The van der Waals surface area contributed by atoms with Crippen LogP contribution in [0, 0.1) is 11.8 Å². The zero-order valence-electron chi connectivity index (χ0n) is 11.3. The molecule has 0 radical (unpaired) electrons. The molecule has 5 heteroatoms. The second kappa shape index (κ2) is 5.02. The Bertz CT molecular complexity index is 363. The van der Waals surface area contributed by atoms with Gasteiger partial charge in [-0.3, -0.25) is 0 Å². The largest absolute Gasteiger partial charge is 0.480 e. The molecule has 5 nitrogen and oxygen atoms in total. The van der Waals surface area contributed by atoms with Crippen LogP contribution in [0.3, 0.4) is 0 Å². The fourth-order valence-electron chi connectivity index (χ4n) is 2.89. The molecule has 3 rings (SSSR count). The minimum absolute atomic E-state index is 0.0382. The van der Waals surface area contributed by atoms with Gasteiger partial charge in [0.1, 0.15) is 6.04 Å². The number of hydrogen-bond acceptors (Lipinski definition) is 2. The van der Waals surface area contributed by atoms with Gasteiger partial charge >= 0.3 is 12.0 Å². The summed E-state index contributed by atoms with van der Waals surface area (Å²) in [5.41, 5.74) is 0. The number of carboxylic acid groups (broad SMARTS) is 1. The number of likely N-dealkylation sites (tertiary alicyclic amines) is 1. The SMILES string of the molecule is O=C(O)[C@H]1CCCN1C(=O)N(CC1CC1)CC1CC1. The highest BCUT2D eigenvalue weighted by molar-refractivity contribution is 5.83. The second-order valence-corrected chi connectivity index (χ2v) is 6.26. The quantitative estimate of drug-likeness (QED) is 0.825. The van der Waals surface area contributed by atoms with Crippen LogP contribution in [-0.2, 0) is 4.79 Å². The first-order chi connectivity index (χ1) is 9.15. The first-order valence-corrected chi connectivity index (χ1v) is 7.43. The second-order valence-electron chi connectivity index (χ2n) is 6.26. The predicted octanol–water partition coefficient (Wildman–Crippen LogP) is 1.78. The molecule has 3 aliphatic rings. The lowest BCUT2D eigenvalue weighted by Crippen LogP contribution is -2.49. The lowest BCUT2D eigenvalue weighted by atomic mass is 10.2. The maximum absolute atomic E-state index is 12.6. The third-order valence-corrected chi connectivity index (χ3v) is 4.41. The molecular weight excluding hydrogens is 244 g/mol. The van der Waals surface area contributed by atoms with Crippen molar-refractivity contribution in [2.75, 3.05) is 19.6 Å². The minimum Gasteiger partial charge on any atom is -0.480 e. The Labute approximate surface area is 113 Å². The number of rotatable bonds is 5. The van der Waals surface area contributed by atoms with Gasteiger partial charge in [0.2, 0.25) is 0 Å². The average Bonchev–Trinajstić information content (AvgIpc) is 3.29. The van der Waals surface area contributed by atoms with Crippen molar-refractivity contribution in [3.05, 3.63) is 0 Å². The number of carbonyl (C=O) groups is 2. The van der Waals surface area contributed by atoms with Gasteiger partial charge in [0.15, 0.2) is 0 Å². The summed E-state index contributed by atoms with van der Waals surface area (Å²) in [6.07, 6.45) is 6.28. The Morgan fingerprint density at radius 1 is 1.05 bits per heavy atom. The van der Waals surface area contributed by atoms with E-state index in [2.05, 4.69) is 0 Å². The van der Waals surface area contributed by atoms with Crippen molar-refractivity contribution in [1.29, 1.82) is 0 Å². The molecule has 3 fully saturated rings. The van der Waals surface area contributed by atoms with E-state index in [4.69, 9.17) is 0 Å². The van der Waals surface area contributed by atoms with E-state index < -0.39 is 12.0 Å². The number of carboxylic acids is 1. The standard InChI is InChI=1S/C14H22N2O3/c17-13(18)12-2-1-7-16(12)14(19)15(8-10-3-4-10)9-11-5-6-11/h10-12H,1-9H2,(H,17,18)/t12-/m1/s1. The third kappa shape index (κ3) is 3.01. The molecule has 1 heterocycles. The van der Waals surface area contributed by atoms with E-state index in [1.807, 2.05) is 4.90 Å². The van der Waals surface area contributed by atoms with Crippen molar-refractivity contribution in [2.24, 2.45) is 11.8 Å². The zero-order valence-corrected chi connectivity index (χ0v) is 11.3. The Morgan fingerprint density at radius 2 is 1.63 bits per heavy atom. The highest BCUT2D eigenvalue weighted by Crippen LogP contribution is 2.34. The van der Waals surface area contributed by atoms with Gasteiger partial charge in [-0.25, -0.2) is 9.59 Å². The van der Waals surface area contributed by atoms with Crippen LogP contribution in [0.5, 0.6) is 0 Å². The van der Waals surface area contributed by atoms with Crippen LogP contribution in [0.25, 0.3) is 0 Å². The van der Waals surface area contributed by atoms with E-state index in [0.717, 1.165) is 19.5 Å². The van der Waals surface area contributed by atoms with Gasteiger partial charge in [-0.15, -0.1) is 0 Å². The molecule has 1 N–H and O–H groups in total. The van der Waals surface area contributed by atoms with Gasteiger partial charge < -0.3 is 14.9 Å². The summed E-state index contributed by atoms with van der Waals surface area (Å²) in [4.78, 5) is 27.3. The molecule has 1 aliphatic heterocycles. The van der Waals surface area contributed by atoms with E-state index >= 15 is 0 Å². The molecule has 2 saturated carbocycles. The molecule has 0 bridgehead atoms. The van der Waals surface area contributed by atoms with Crippen LogP contribution in [-0.4, -0.2) is 52.6 Å². The van der Waals surface area contributed by atoms with E-state index in [0.29, 0.717) is 24.8 Å². The van der Waals surface area contributed by atoms with Gasteiger partial charge in [0, 0.05) is 19.6 Å². The normalized spacial score (nSPS) is 26.5. The van der Waals surface area contributed by atoms with Crippen LogP contribution in [0.15, 0.2) is 0 Å². The molecule has 0 unspecified atom stereocenters. The summed E-state index contributed by atoms with van der Waals surface area (Å²) in [6, 6.07) is -0.642. The minimum atomic E-state index is -0.858. The van der Waals surface area contributed by atoms with E-state index in [9.17, 15) is 14.7 Å². The number of amides is 2. The molecule has 0 aromatic heterocycles. The van der Waals surface area contributed by atoms with Gasteiger partial charge in [-0.05, 0) is 50.4 Å². The molecule has 1 atom stereocenters. The van der Waals surface area contributed by atoms with Crippen LogP contribution in [0.4, 0.5) is 4.79 Å². The van der Waals surface area contributed by atoms with Crippen molar-refractivity contribution in [2.45, 2.75) is 44.6 Å². The summed E-state index contributed by atoms with van der Waals surface area (Å²) in [5.74, 6) is 0.464. The topological polar surface area (TPSA) is 60.9 Å². The maximum Gasteiger partial charge on any atom is 0.326 e. The lowest BCUT2D eigenvalue weighted by molar-refractivity contribution is -0.141. The number of aliphatic carboxylic acids is 1. The average molecular weight is 266 g/mol. The molecule has 0 aromatic rings. The highest BCUT2D eigenvalue weighted by Gasteiger charge is 2.39. The van der Waals surface area contributed by atoms with Crippen molar-refractivity contribution < 1.29 is 14.7 Å². The van der Waals surface area contributed by atoms with Crippen LogP contribution >= 0.6 is 0 Å². The Morgan fingerprint density at radius 3 is 2.11 bits per heavy atom. The monoisotopic (exact) mass is 266 g/mol. The molecule has 0 aromatic carbocycles. The predicted molar refractivity (Wildman–Crippen MR) is 69.8 cm³/mol. The van der Waals surface area contributed by atoms with E-state index in [1.54, 1.807) is 4.90 Å². The Hall–Kier alpha value is -1.26. The molecule has 19 heavy (non-hydrogen) atoms. The number of nitrogens with zero attached hydrogens (tertiary/aromatic N) is 2. The van der Waals surface area contributed by atoms with Crippen LogP contribution in [0.1, 0.15) is 38.5 Å². The van der Waals surface area contributed by atoms with Gasteiger partial charge in [0.05, 0.1) is 0 Å². The number of urea groups is 1. The van der Waals surface area contributed by atoms with Crippen LogP contribution in [0.2, 0.25) is 0 Å². The van der Waals surface area contributed by atoms with Crippen molar-refractivity contribution in [1.82, 2.24) is 9.80 Å². The first kappa shape index (κ1) is 12.8. The van der Waals surface area contributed by atoms with Crippen molar-refractivity contribution >= 4 is 12.0 Å². The van der Waals surface area contributed by atoms with Gasteiger partial charge in [-0.2, -0.15) is 0 Å². The van der Waals surface area contributed by atoms with Crippen molar-refractivity contribution in [3.63, 3.8) is 0 Å². The Kier molecular flexibility index (Phi) is 3.37. The lowest BCUT2D eigenvalue weighted by Gasteiger charge is -2.30. The summed E-state index contributed by atoms with van der Waals surface area (Å²) in [5, 5.41) is 9.19. The summed E-state index contributed by atoms with van der Waals surface area (Å²) in [6.45, 7) is 2.26. The fourth-order valence-corrected chi connectivity index (χ4v) is 2.89. The number of carbonyl (C=O) groups excluding carboxylic acids is 1. The third-order valence-electron chi connectivity index (χ3n) is 4.41.